The second-order valence-electron chi connectivity index (χ2n) is 5.03. The molecule has 0 spiro atoms. The predicted octanol–water partition coefficient (Wildman–Crippen LogP) is 1.77. The van der Waals surface area contributed by atoms with E-state index in [0.717, 1.165) is 37.8 Å². The Morgan fingerprint density at radius 1 is 1.05 bits per heavy atom. The maximum atomic E-state index is 13.1. The van der Waals surface area contributed by atoms with Gasteiger partial charge in [-0.2, -0.15) is 0 Å². The van der Waals surface area contributed by atoms with Crippen molar-refractivity contribution in [1.29, 1.82) is 0 Å². The summed E-state index contributed by atoms with van der Waals surface area (Å²) in [6.07, 6.45) is 3.24. The smallest absolute Gasteiger partial charge is 0.240 e. The summed E-state index contributed by atoms with van der Waals surface area (Å²) in [5.41, 5.74) is 0. The summed E-state index contributed by atoms with van der Waals surface area (Å²) < 4.78 is 52.7. The molecule has 1 fully saturated rings. The van der Waals surface area contributed by atoms with Crippen molar-refractivity contribution in [2.75, 3.05) is 7.05 Å². The Morgan fingerprint density at radius 3 is 2.20 bits per heavy atom. The minimum absolute atomic E-state index is 0.155. The highest BCUT2D eigenvalue weighted by Gasteiger charge is 2.25. The van der Waals surface area contributed by atoms with Crippen molar-refractivity contribution in [2.45, 2.75) is 42.7 Å². The van der Waals surface area contributed by atoms with Gasteiger partial charge in [0.15, 0.2) is 11.6 Å². The Hall–Kier alpha value is -1.05. The van der Waals surface area contributed by atoms with Gasteiger partial charge in [0, 0.05) is 12.1 Å². The normalized spacial score (nSPS) is 23.8. The average molecular weight is 304 g/mol. The predicted molar refractivity (Wildman–Crippen MR) is 71.8 cm³/mol. The van der Waals surface area contributed by atoms with E-state index in [1.165, 1.54) is 0 Å². The van der Waals surface area contributed by atoms with E-state index >= 15 is 0 Å². The second kappa shape index (κ2) is 6.15. The third-order valence-corrected chi connectivity index (χ3v) is 5.18. The van der Waals surface area contributed by atoms with Crippen LogP contribution in [0, 0.1) is 11.6 Å². The first-order chi connectivity index (χ1) is 9.42. The molecule has 0 radical (unpaired) electrons. The van der Waals surface area contributed by atoms with Gasteiger partial charge in [-0.15, -0.1) is 0 Å². The van der Waals surface area contributed by atoms with Gasteiger partial charge in [0.2, 0.25) is 10.0 Å². The summed E-state index contributed by atoms with van der Waals surface area (Å²) in [6.45, 7) is 0. The standard InChI is InChI=1S/C13H18F2N2O2S/c1-16-9-2-4-10(5-3-9)17-20(18,19)11-6-7-12(14)13(15)8-11/h6-10,16-17H,2-5H2,1H3. The van der Waals surface area contributed by atoms with E-state index in [0.29, 0.717) is 12.1 Å². The van der Waals surface area contributed by atoms with Crippen LogP contribution in [0.25, 0.3) is 0 Å². The summed E-state index contributed by atoms with van der Waals surface area (Å²) >= 11 is 0. The minimum atomic E-state index is -3.80. The monoisotopic (exact) mass is 304 g/mol. The summed E-state index contributed by atoms with van der Waals surface area (Å²) in [4.78, 5) is -0.243. The van der Waals surface area contributed by atoms with Crippen LogP contribution in [0.1, 0.15) is 25.7 Å². The topological polar surface area (TPSA) is 58.2 Å². The molecule has 1 aliphatic carbocycles. The van der Waals surface area contributed by atoms with Gasteiger partial charge in [-0.05, 0) is 50.9 Å². The van der Waals surface area contributed by atoms with E-state index in [1.807, 2.05) is 7.05 Å². The van der Waals surface area contributed by atoms with E-state index in [9.17, 15) is 17.2 Å². The molecule has 0 saturated heterocycles. The van der Waals surface area contributed by atoms with Gasteiger partial charge >= 0.3 is 0 Å². The maximum Gasteiger partial charge on any atom is 0.240 e. The Balaban J connectivity index is 2.06. The number of hydrogen-bond acceptors (Lipinski definition) is 3. The van der Waals surface area contributed by atoms with E-state index < -0.39 is 21.7 Å². The number of rotatable bonds is 4. The Kier molecular flexibility index (Phi) is 4.72. The fourth-order valence-corrected chi connectivity index (χ4v) is 3.75. The molecule has 0 heterocycles. The molecule has 1 saturated carbocycles. The zero-order chi connectivity index (χ0) is 14.8. The molecule has 1 aromatic rings. The highest BCUT2D eigenvalue weighted by atomic mass is 32.2. The van der Waals surface area contributed by atoms with Crippen LogP contribution in [0.4, 0.5) is 8.78 Å². The quantitative estimate of drug-likeness (QED) is 0.891. The van der Waals surface area contributed by atoms with Crippen LogP contribution in [0.3, 0.4) is 0 Å². The molecule has 0 bridgehead atoms. The maximum absolute atomic E-state index is 13.1. The molecule has 0 atom stereocenters. The van der Waals surface area contributed by atoms with Gasteiger partial charge in [0.25, 0.3) is 0 Å². The van der Waals surface area contributed by atoms with Crippen molar-refractivity contribution in [3.63, 3.8) is 0 Å². The lowest BCUT2D eigenvalue weighted by molar-refractivity contribution is 0.342. The van der Waals surface area contributed by atoms with Crippen LogP contribution in [-0.4, -0.2) is 27.5 Å². The van der Waals surface area contributed by atoms with Crippen LogP contribution in [0.5, 0.6) is 0 Å². The number of sulfonamides is 1. The number of hydrogen-bond donors (Lipinski definition) is 2. The summed E-state index contributed by atoms with van der Waals surface area (Å²) in [7, 11) is -1.92. The SMILES string of the molecule is CNC1CCC(NS(=O)(=O)c2ccc(F)c(F)c2)CC1. The summed E-state index contributed by atoms with van der Waals surface area (Å²) in [5.74, 6) is -2.22. The fraction of sp³-hybridized carbons (Fsp3) is 0.538. The van der Waals surface area contributed by atoms with Crippen molar-refractivity contribution in [3.8, 4) is 0 Å². The van der Waals surface area contributed by atoms with Crippen LogP contribution < -0.4 is 10.0 Å². The van der Waals surface area contributed by atoms with Gasteiger partial charge < -0.3 is 5.32 Å². The van der Waals surface area contributed by atoms with E-state index in [2.05, 4.69) is 10.0 Å². The molecular formula is C13H18F2N2O2S. The molecule has 0 aliphatic heterocycles. The number of nitrogens with one attached hydrogen (secondary N) is 2. The lowest BCUT2D eigenvalue weighted by Crippen LogP contribution is -2.41. The first-order valence-electron chi connectivity index (χ1n) is 6.57. The highest BCUT2D eigenvalue weighted by Crippen LogP contribution is 2.21. The van der Waals surface area contributed by atoms with Crippen LogP contribution in [0.15, 0.2) is 23.1 Å². The molecule has 112 valence electrons. The molecule has 2 rings (SSSR count). The zero-order valence-electron chi connectivity index (χ0n) is 11.2. The lowest BCUT2D eigenvalue weighted by atomic mass is 9.92. The zero-order valence-corrected chi connectivity index (χ0v) is 12.0. The summed E-state index contributed by atoms with van der Waals surface area (Å²) in [5, 5.41) is 3.16. The van der Waals surface area contributed by atoms with E-state index in [1.54, 1.807) is 0 Å². The lowest BCUT2D eigenvalue weighted by Gasteiger charge is -2.28. The molecule has 0 amide bonds. The average Bonchev–Trinajstić information content (AvgIpc) is 2.42. The van der Waals surface area contributed by atoms with Gasteiger partial charge in [0.1, 0.15) is 0 Å². The number of halogens is 2. The van der Waals surface area contributed by atoms with Gasteiger partial charge in [-0.3, -0.25) is 0 Å². The van der Waals surface area contributed by atoms with Crippen LogP contribution in [0.2, 0.25) is 0 Å². The van der Waals surface area contributed by atoms with Crippen molar-refractivity contribution in [1.82, 2.24) is 10.0 Å². The fourth-order valence-electron chi connectivity index (χ4n) is 2.43. The van der Waals surface area contributed by atoms with Gasteiger partial charge in [-0.1, -0.05) is 0 Å². The molecule has 2 N–H and O–H groups in total. The molecule has 0 aromatic heterocycles. The van der Waals surface area contributed by atoms with E-state index in [4.69, 9.17) is 0 Å². The molecule has 1 aromatic carbocycles. The van der Waals surface area contributed by atoms with Crippen LogP contribution in [-0.2, 0) is 10.0 Å². The van der Waals surface area contributed by atoms with Gasteiger partial charge in [-0.25, -0.2) is 21.9 Å². The van der Waals surface area contributed by atoms with Gasteiger partial charge in [0.05, 0.1) is 4.90 Å². The molecular weight excluding hydrogens is 286 g/mol. The first-order valence-corrected chi connectivity index (χ1v) is 8.05. The van der Waals surface area contributed by atoms with Crippen molar-refractivity contribution in [3.05, 3.63) is 29.8 Å². The molecule has 4 nitrogen and oxygen atoms in total. The third kappa shape index (κ3) is 3.53. The third-order valence-electron chi connectivity index (χ3n) is 3.66. The number of benzene rings is 1. The van der Waals surface area contributed by atoms with Crippen molar-refractivity contribution in [2.24, 2.45) is 0 Å². The van der Waals surface area contributed by atoms with Crippen LogP contribution >= 0.6 is 0 Å². The first kappa shape index (κ1) is 15.3. The van der Waals surface area contributed by atoms with E-state index in [-0.39, 0.29) is 10.9 Å². The van der Waals surface area contributed by atoms with Crippen molar-refractivity contribution < 1.29 is 17.2 Å². The Morgan fingerprint density at radius 2 is 1.65 bits per heavy atom. The Labute approximate surface area is 117 Å². The molecule has 1 aliphatic rings. The largest absolute Gasteiger partial charge is 0.317 e. The van der Waals surface area contributed by atoms with Crippen molar-refractivity contribution >= 4 is 10.0 Å². The Bertz CT molecular complexity index is 570. The highest BCUT2D eigenvalue weighted by molar-refractivity contribution is 7.89. The molecule has 20 heavy (non-hydrogen) atoms. The minimum Gasteiger partial charge on any atom is -0.317 e. The molecule has 0 unspecified atom stereocenters. The second-order valence-corrected chi connectivity index (χ2v) is 6.75. The summed E-state index contributed by atoms with van der Waals surface area (Å²) in [6, 6.07) is 2.86. The molecule has 7 heteroatoms.